The minimum Gasteiger partial charge on any atom is -0.494 e. The molecule has 1 saturated heterocycles. The predicted octanol–water partition coefficient (Wildman–Crippen LogP) is 6.89. The average molecular weight is 767 g/mol. The quantitative estimate of drug-likeness (QED) is 0.140. The molecule has 2 aromatic heterocycles. The van der Waals surface area contributed by atoms with E-state index < -0.39 is 5.97 Å². The summed E-state index contributed by atoms with van der Waals surface area (Å²) < 4.78 is 5.73. The molecule has 0 bridgehead atoms. The van der Waals surface area contributed by atoms with Crippen LogP contribution in [0.1, 0.15) is 19.3 Å². The third-order valence-corrected chi connectivity index (χ3v) is 7.27. The average Bonchev–Trinajstić information content (AvgIpc) is 3.57. The van der Waals surface area contributed by atoms with Gasteiger partial charge in [-0.05, 0) is 80.6 Å². The zero-order chi connectivity index (χ0) is 26.8. The number of aromatic nitrogens is 4. The van der Waals surface area contributed by atoms with E-state index in [4.69, 9.17) is 19.8 Å². The van der Waals surface area contributed by atoms with Gasteiger partial charge in [-0.2, -0.15) is 0 Å². The van der Waals surface area contributed by atoms with Crippen LogP contribution in [0.15, 0.2) is 60.7 Å². The second-order valence-corrected chi connectivity index (χ2v) is 10.1. The molecule has 1 aliphatic rings. The highest BCUT2D eigenvalue weighted by Gasteiger charge is 2.16. The molecule has 0 radical (unpaired) electrons. The minimum absolute atomic E-state index is 0. The fourth-order valence-corrected chi connectivity index (χ4v) is 4.97. The van der Waals surface area contributed by atoms with Gasteiger partial charge < -0.3 is 29.6 Å². The van der Waals surface area contributed by atoms with Crippen molar-refractivity contribution in [1.82, 2.24) is 24.8 Å². The zero-order valence-electron chi connectivity index (χ0n) is 23.2. The van der Waals surface area contributed by atoms with E-state index >= 15 is 0 Å². The number of anilines is 1. The zero-order valence-corrected chi connectivity index (χ0v) is 28.3. The first-order valence-corrected chi connectivity index (χ1v) is 13.4. The first-order chi connectivity index (χ1) is 19.0. The lowest BCUT2D eigenvalue weighted by Crippen LogP contribution is -2.44. The number of fused-ring (bicyclic) bond motifs is 2. The molecule has 42 heavy (non-hydrogen) atoms. The van der Waals surface area contributed by atoms with Gasteiger partial charge in [0.25, 0.3) is 0 Å². The molecule has 224 valence electrons. The molecular formula is C30H35Br3N6O3. The normalized spacial score (nSPS) is 13.3. The number of aliphatic carboxylic acids is 1. The second kappa shape index (κ2) is 15.0. The highest BCUT2D eigenvalue weighted by molar-refractivity contribution is 8.93. The van der Waals surface area contributed by atoms with Crippen molar-refractivity contribution in [2.75, 3.05) is 44.7 Å². The maximum absolute atomic E-state index is 10.6. The van der Waals surface area contributed by atoms with Crippen LogP contribution >= 0.6 is 50.9 Å². The van der Waals surface area contributed by atoms with E-state index in [9.17, 15) is 4.79 Å². The number of likely N-dealkylation sites (N-methyl/N-ethyl adjacent to an activating group) is 1. The molecule has 0 saturated carbocycles. The number of imidazole rings is 2. The summed E-state index contributed by atoms with van der Waals surface area (Å²) in [5.41, 5.74) is 7.02. The van der Waals surface area contributed by atoms with Crippen LogP contribution in [0, 0.1) is 0 Å². The minimum atomic E-state index is -0.773. The van der Waals surface area contributed by atoms with Crippen molar-refractivity contribution >= 4 is 84.7 Å². The Kier molecular flexibility index (Phi) is 12.0. The SMILES string of the molecule is Br.Br.Br.CN1CCN(c2ccc3nc(-c4ccc5nc(-c6ccc(OCCCCC(=O)O)cc6)[nH]c5c4)[nH]c3c2)CC1. The van der Waals surface area contributed by atoms with Crippen molar-refractivity contribution in [2.24, 2.45) is 0 Å². The Hall–Kier alpha value is -2.93. The van der Waals surface area contributed by atoms with E-state index in [1.807, 2.05) is 36.4 Å². The third kappa shape index (κ3) is 7.71. The van der Waals surface area contributed by atoms with Crippen LogP contribution in [-0.4, -0.2) is 75.7 Å². The van der Waals surface area contributed by atoms with Gasteiger partial charge in [-0.15, -0.1) is 50.9 Å². The Balaban J connectivity index is 0.00000161. The smallest absolute Gasteiger partial charge is 0.303 e. The summed E-state index contributed by atoms with van der Waals surface area (Å²) in [5.74, 6) is 1.61. The number of ether oxygens (including phenoxy) is 1. The van der Waals surface area contributed by atoms with Gasteiger partial charge in [-0.1, -0.05) is 0 Å². The summed E-state index contributed by atoms with van der Waals surface area (Å²) in [5, 5.41) is 8.72. The lowest BCUT2D eigenvalue weighted by molar-refractivity contribution is -0.137. The number of nitrogens with one attached hydrogen (secondary N) is 2. The molecule has 3 heterocycles. The van der Waals surface area contributed by atoms with Crippen LogP contribution in [0.25, 0.3) is 44.8 Å². The highest BCUT2D eigenvalue weighted by Crippen LogP contribution is 2.29. The molecule has 1 aliphatic heterocycles. The highest BCUT2D eigenvalue weighted by atomic mass is 79.9. The molecular weight excluding hydrogens is 732 g/mol. The Morgan fingerprint density at radius 2 is 1.40 bits per heavy atom. The van der Waals surface area contributed by atoms with Crippen LogP contribution in [0.5, 0.6) is 5.75 Å². The maximum Gasteiger partial charge on any atom is 0.303 e. The Morgan fingerprint density at radius 3 is 2.07 bits per heavy atom. The molecule has 3 aromatic carbocycles. The summed E-state index contributed by atoms with van der Waals surface area (Å²) in [6.45, 7) is 4.72. The molecule has 0 amide bonds. The number of unbranched alkanes of at least 4 members (excludes halogenated alkanes) is 1. The van der Waals surface area contributed by atoms with Crippen LogP contribution in [0.4, 0.5) is 5.69 Å². The number of rotatable bonds is 9. The van der Waals surface area contributed by atoms with Crippen molar-refractivity contribution in [3.05, 3.63) is 60.7 Å². The molecule has 0 atom stereocenters. The number of carboxylic acid groups (broad SMARTS) is 1. The van der Waals surface area contributed by atoms with Crippen molar-refractivity contribution in [3.63, 3.8) is 0 Å². The van der Waals surface area contributed by atoms with Crippen LogP contribution in [0.2, 0.25) is 0 Å². The van der Waals surface area contributed by atoms with Gasteiger partial charge in [0.15, 0.2) is 0 Å². The van der Waals surface area contributed by atoms with Crippen molar-refractivity contribution in [1.29, 1.82) is 0 Å². The van der Waals surface area contributed by atoms with Gasteiger partial charge in [-0.3, -0.25) is 4.79 Å². The molecule has 0 aliphatic carbocycles. The number of halogens is 3. The first kappa shape index (κ1) is 33.6. The molecule has 3 N–H and O–H groups in total. The number of H-pyrrole nitrogens is 2. The summed E-state index contributed by atoms with van der Waals surface area (Å²) in [7, 11) is 2.17. The monoisotopic (exact) mass is 764 g/mol. The fourth-order valence-electron chi connectivity index (χ4n) is 4.97. The Bertz CT molecular complexity index is 1610. The topological polar surface area (TPSA) is 110 Å². The predicted molar refractivity (Wildman–Crippen MR) is 184 cm³/mol. The Labute approximate surface area is 276 Å². The second-order valence-electron chi connectivity index (χ2n) is 10.1. The summed E-state index contributed by atoms with van der Waals surface area (Å²) in [6, 6.07) is 20.4. The third-order valence-electron chi connectivity index (χ3n) is 7.27. The van der Waals surface area contributed by atoms with Gasteiger partial charge in [0.2, 0.25) is 0 Å². The van der Waals surface area contributed by atoms with Gasteiger partial charge in [0.1, 0.15) is 17.4 Å². The molecule has 0 unspecified atom stereocenters. The number of aromatic amines is 2. The molecule has 6 rings (SSSR count). The number of benzene rings is 3. The van der Waals surface area contributed by atoms with Crippen LogP contribution in [0.3, 0.4) is 0 Å². The lowest BCUT2D eigenvalue weighted by Gasteiger charge is -2.34. The van der Waals surface area contributed by atoms with E-state index in [0.29, 0.717) is 19.4 Å². The molecule has 12 heteroatoms. The number of hydrogen-bond donors (Lipinski definition) is 3. The molecule has 0 spiro atoms. The Morgan fingerprint density at radius 1 is 0.810 bits per heavy atom. The summed E-state index contributed by atoms with van der Waals surface area (Å²) in [4.78, 5) is 32.0. The number of carboxylic acids is 1. The van der Waals surface area contributed by atoms with Gasteiger partial charge in [-0.25, -0.2) is 9.97 Å². The number of carbonyl (C=O) groups is 1. The standard InChI is InChI=1S/C30H32N6O3.3BrH/c1-35-13-15-36(16-14-35)22-8-12-25-27(19-22)34-30(32-25)21-7-11-24-26(18-21)33-29(31-24)20-5-9-23(10-6-20)39-17-3-2-4-28(37)38;;;/h5-12,18-19H,2-4,13-17H2,1H3,(H,31,33)(H,32,34)(H,37,38);3*1H. The van der Waals surface area contributed by atoms with Crippen LogP contribution < -0.4 is 9.64 Å². The van der Waals surface area contributed by atoms with E-state index in [2.05, 4.69) is 51.1 Å². The summed E-state index contributed by atoms with van der Waals surface area (Å²) in [6.07, 6.45) is 1.49. The van der Waals surface area contributed by atoms with E-state index in [1.54, 1.807) is 0 Å². The first-order valence-electron chi connectivity index (χ1n) is 13.4. The van der Waals surface area contributed by atoms with E-state index in [0.717, 1.165) is 76.8 Å². The lowest BCUT2D eigenvalue weighted by atomic mass is 10.2. The number of piperazine rings is 1. The van der Waals surface area contributed by atoms with Crippen LogP contribution in [-0.2, 0) is 4.79 Å². The molecule has 5 aromatic rings. The van der Waals surface area contributed by atoms with Crippen molar-refractivity contribution in [2.45, 2.75) is 19.3 Å². The molecule has 1 fully saturated rings. The van der Waals surface area contributed by atoms with Crippen molar-refractivity contribution in [3.8, 4) is 28.5 Å². The van der Waals surface area contributed by atoms with Gasteiger partial charge >= 0.3 is 5.97 Å². The van der Waals surface area contributed by atoms with Crippen molar-refractivity contribution < 1.29 is 14.6 Å². The molecule has 9 nitrogen and oxygen atoms in total. The van der Waals surface area contributed by atoms with E-state index in [1.165, 1.54) is 5.69 Å². The van der Waals surface area contributed by atoms with E-state index in [-0.39, 0.29) is 57.4 Å². The number of nitrogens with zero attached hydrogens (tertiary/aromatic N) is 4. The fraction of sp³-hybridized carbons (Fsp3) is 0.300. The number of hydrogen-bond acceptors (Lipinski definition) is 6. The maximum atomic E-state index is 10.6. The van der Waals surface area contributed by atoms with Gasteiger partial charge in [0, 0.05) is 49.4 Å². The van der Waals surface area contributed by atoms with Gasteiger partial charge in [0.05, 0.1) is 28.7 Å². The largest absolute Gasteiger partial charge is 0.494 e. The summed E-state index contributed by atoms with van der Waals surface area (Å²) >= 11 is 0.